The van der Waals surface area contributed by atoms with Crippen molar-refractivity contribution >= 4 is 16.8 Å². The van der Waals surface area contributed by atoms with Crippen LogP contribution in [0, 0.1) is 0 Å². The molecule has 0 saturated carbocycles. The normalized spacial score (nSPS) is 16.6. The second kappa shape index (κ2) is 9.85. The number of aryl methyl sites for hydroxylation is 1. The quantitative estimate of drug-likeness (QED) is 0.509. The molecule has 2 aromatic carbocycles. The van der Waals surface area contributed by atoms with Gasteiger partial charge in [0.1, 0.15) is 13.1 Å². The highest BCUT2D eigenvalue weighted by Crippen LogP contribution is 2.29. The van der Waals surface area contributed by atoms with Crippen LogP contribution in [0.5, 0.6) is 0 Å². The van der Waals surface area contributed by atoms with E-state index in [9.17, 15) is 9.59 Å². The van der Waals surface area contributed by atoms with E-state index >= 15 is 0 Å². The van der Waals surface area contributed by atoms with E-state index in [0.717, 1.165) is 24.2 Å². The Morgan fingerprint density at radius 1 is 1.23 bits per heavy atom. The van der Waals surface area contributed by atoms with Crippen molar-refractivity contribution in [3.8, 4) is 0 Å². The zero-order valence-electron chi connectivity index (χ0n) is 17.8. The number of hydrogen-bond acceptors (Lipinski definition) is 4. The maximum absolute atomic E-state index is 12.9. The van der Waals surface area contributed by atoms with Crippen LogP contribution in [0.4, 0.5) is 0 Å². The first-order valence-electron chi connectivity index (χ1n) is 10.8. The van der Waals surface area contributed by atoms with Gasteiger partial charge in [-0.2, -0.15) is 0 Å². The highest BCUT2D eigenvalue weighted by atomic mass is 16.5. The molecule has 3 N–H and O–H groups in total. The Labute approximate surface area is 181 Å². The molecular weight excluding hydrogens is 392 g/mol. The standard InChI is InChI=1S/C24H28N4O3/c1-31-14-13-28(15-22-25-21-11-5-4-10-19(21)24(30)27-22)16-23(29)26-20-12-6-8-17-7-2-3-9-18(17)20/h2-5,7,9-11,20H,6,8,12-16H2,1H3,(H,26,29)(H,25,27,30)/p+1/t20-/m0/s1. The summed E-state index contributed by atoms with van der Waals surface area (Å²) in [6.07, 6.45) is 3.09. The molecule has 4 rings (SSSR count). The Morgan fingerprint density at radius 2 is 2.03 bits per heavy atom. The number of aromatic amines is 1. The van der Waals surface area contributed by atoms with Crippen molar-refractivity contribution in [1.82, 2.24) is 15.3 Å². The molecule has 1 amide bonds. The molecule has 1 heterocycles. The van der Waals surface area contributed by atoms with Gasteiger partial charge in [0, 0.05) is 7.11 Å². The molecular formula is C24H29N4O3+. The number of amides is 1. The number of ether oxygens (including phenoxy) is 1. The first-order valence-corrected chi connectivity index (χ1v) is 10.8. The van der Waals surface area contributed by atoms with Gasteiger partial charge in [-0.25, -0.2) is 4.98 Å². The molecule has 1 aliphatic carbocycles. The van der Waals surface area contributed by atoms with Crippen LogP contribution in [0.3, 0.4) is 0 Å². The van der Waals surface area contributed by atoms with Crippen LogP contribution in [-0.2, 0) is 22.5 Å². The van der Waals surface area contributed by atoms with E-state index in [-0.39, 0.29) is 17.5 Å². The molecule has 0 radical (unpaired) electrons. The largest absolute Gasteiger partial charge is 0.379 e. The van der Waals surface area contributed by atoms with Crippen LogP contribution in [0.25, 0.3) is 10.9 Å². The van der Waals surface area contributed by atoms with E-state index in [1.807, 2.05) is 24.3 Å². The number of fused-ring (bicyclic) bond motifs is 2. The van der Waals surface area contributed by atoms with Crippen molar-refractivity contribution in [2.75, 3.05) is 26.8 Å². The summed E-state index contributed by atoms with van der Waals surface area (Å²) in [4.78, 5) is 33.7. The van der Waals surface area contributed by atoms with Crippen molar-refractivity contribution in [3.63, 3.8) is 0 Å². The number of quaternary nitrogens is 1. The summed E-state index contributed by atoms with van der Waals surface area (Å²) in [5.41, 5.74) is 3.05. The van der Waals surface area contributed by atoms with Gasteiger partial charge in [-0.05, 0) is 42.5 Å². The van der Waals surface area contributed by atoms with E-state index in [2.05, 4.69) is 33.5 Å². The molecule has 0 saturated heterocycles. The molecule has 2 atom stereocenters. The topological polar surface area (TPSA) is 88.5 Å². The lowest BCUT2D eigenvalue weighted by Crippen LogP contribution is -3.12. The average Bonchev–Trinajstić information content (AvgIpc) is 2.78. The van der Waals surface area contributed by atoms with Crippen molar-refractivity contribution in [2.24, 2.45) is 0 Å². The number of H-pyrrole nitrogens is 1. The molecule has 1 aromatic heterocycles. The summed E-state index contributed by atoms with van der Waals surface area (Å²) in [5.74, 6) is 0.571. The maximum Gasteiger partial charge on any atom is 0.275 e. The number of nitrogens with zero attached hydrogens (tertiary/aromatic N) is 1. The van der Waals surface area contributed by atoms with Gasteiger partial charge >= 0.3 is 0 Å². The third-order valence-electron chi connectivity index (χ3n) is 5.85. The average molecular weight is 422 g/mol. The fraction of sp³-hybridized carbons (Fsp3) is 0.375. The number of aromatic nitrogens is 2. The molecule has 0 bridgehead atoms. The number of rotatable bonds is 8. The van der Waals surface area contributed by atoms with Crippen molar-refractivity contribution in [3.05, 3.63) is 75.8 Å². The Balaban J connectivity index is 1.46. The lowest BCUT2D eigenvalue weighted by molar-refractivity contribution is -0.906. The van der Waals surface area contributed by atoms with Crippen LogP contribution >= 0.6 is 0 Å². The molecule has 7 heteroatoms. The van der Waals surface area contributed by atoms with Crippen LogP contribution in [0.15, 0.2) is 53.3 Å². The van der Waals surface area contributed by atoms with Crippen molar-refractivity contribution in [2.45, 2.75) is 31.8 Å². The zero-order valence-corrected chi connectivity index (χ0v) is 17.8. The van der Waals surface area contributed by atoms with Gasteiger partial charge in [-0.1, -0.05) is 36.4 Å². The van der Waals surface area contributed by atoms with Gasteiger partial charge in [0.05, 0.1) is 23.6 Å². The second-order valence-corrected chi connectivity index (χ2v) is 8.09. The number of hydrogen-bond donors (Lipinski definition) is 3. The van der Waals surface area contributed by atoms with Crippen molar-refractivity contribution < 1.29 is 14.4 Å². The summed E-state index contributed by atoms with van der Waals surface area (Å²) in [5, 5.41) is 3.78. The molecule has 1 aliphatic rings. The SMILES string of the molecule is COCC[NH+](CC(=O)N[C@H]1CCCc2ccccc21)Cc1nc2ccccc2c(=O)[nH]1. The molecule has 7 nitrogen and oxygen atoms in total. The summed E-state index contributed by atoms with van der Waals surface area (Å²) < 4.78 is 5.24. The van der Waals surface area contributed by atoms with Crippen LogP contribution < -0.4 is 15.8 Å². The third-order valence-corrected chi connectivity index (χ3v) is 5.85. The summed E-state index contributed by atoms with van der Waals surface area (Å²) >= 11 is 0. The van der Waals surface area contributed by atoms with E-state index in [1.165, 1.54) is 11.1 Å². The molecule has 0 aliphatic heterocycles. The number of carbonyl (C=O) groups is 1. The minimum Gasteiger partial charge on any atom is -0.379 e. The maximum atomic E-state index is 12.9. The van der Waals surface area contributed by atoms with E-state index < -0.39 is 0 Å². The van der Waals surface area contributed by atoms with Gasteiger partial charge in [-0.3, -0.25) is 9.59 Å². The number of methoxy groups -OCH3 is 1. The molecule has 0 fully saturated rings. The highest BCUT2D eigenvalue weighted by Gasteiger charge is 2.24. The van der Waals surface area contributed by atoms with Gasteiger partial charge in [0.15, 0.2) is 12.4 Å². The van der Waals surface area contributed by atoms with Gasteiger partial charge < -0.3 is 19.9 Å². The molecule has 3 aromatic rings. The first-order chi connectivity index (χ1) is 15.1. The minimum atomic E-state index is -0.157. The smallest absolute Gasteiger partial charge is 0.275 e. The summed E-state index contributed by atoms with van der Waals surface area (Å²) in [7, 11) is 1.65. The number of carbonyl (C=O) groups excluding carboxylic acids is 1. The Morgan fingerprint density at radius 3 is 2.90 bits per heavy atom. The van der Waals surface area contributed by atoms with Crippen LogP contribution in [0.1, 0.15) is 35.8 Å². The predicted molar refractivity (Wildman–Crippen MR) is 119 cm³/mol. The van der Waals surface area contributed by atoms with Gasteiger partial charge in [0.25, 0.3) is 11.5 Å². The van der Waals surface area contributed by atoms with E-state index in [4.69, 9.17) is 4.74 Å². The minimum absolute atomic E-state index is 0.00376. The monoisotopic (exact) mass is 421 g/mol. The molecule has 1 unspecified atom stereocenters. The Hall–Kier alpha value is -3.03. The number of nitrogens with one attached hydrogen (secondary N) is 3. The lowest BCUT2D eigenvalue weighted by Gasteiger charge is -2.27. The molecule has 162 valence electrons. The van der Waals surface area contributed by atoms with Gasteiger partial charge in [-0.15, -0.1) is 0 Å². The zero-order chi connectivity index (χ0) is 21.6. The predicted octanol–water partition coefficient (Wildman–Crippen LogP) is 1.15. The Kier molecular flexibility index (Phi) is 6.74. The van der Waals surface area contributed by atoms with E-state index in [1.54, 1.807) is 13.2 Å². The molecule has 31 heavy (non-hydrogen) atoms. The Bertz CT molecular complexity index is 1110. The van der Waals surface area contributed by atoms with E-state index in [0.29, 0.717) is 43.0 Å². The summed E-state index contributed by atoms with van der Waals surface area (Å²) in [6.45, 7) is 1.89. The lowest BCUT2D eigenvalue weighted by atomic mass is 9.88. The number of para-hydroxylation sites is 1. The number of benzene rings is 2. The summed E-state index contributed by atoms with van der Waals surface area (Å²) in [6, 6.07) is 15.7. The second-order valence-electron chi connectivity index (χ2n) is 8.09. The van der Waals surface area contributed by atoms with Gasteiger partial charge in [0.2, 0.25) is 0 Å². The molecule has 0 spiro atoms. The van der Waals surface area contributed by atoms with Crippen molar-refractivity contribution in [1.29, 1.82) is 0 Å². The van der Waals surface area contributed by atoms with Crippen LogP contribution in [0.2, 0.25) is 0 Å². The first kappa shape index (κ1) is 21.2. The third kappa shape index (κ3) is 5.18. The highest BCUT2D eigenvalue weighted by molar-refractivity contribution is 5.78. The van der Waals surface area contributed by atoms with Crippen LogP contribution in [-0.4, -0.2) is 42.7 Å². The fourth-order valence-corrected chi connectivity index (χ4v) is 4.32. The fourth-order valence-electron chi connectivity index (χ4n) is 4.32.